The lowest BCUT2D eigenvalue weighted by atomic mass is 10.0. The van der Waals surface area contributed by atoms with Crippen LogP contribution in [0.25, 0.3) is 0 Å². The predicted molar refractivity (Wildman–Crippen MR) is 66.8 cm³/mol. The van der Waals surface area contributed by atoms with Gasteiger partial charge in [-0.05, 0) is 51.1 Å². The molecular weight excluding hydrogens is 200 g/mol. The molecule has 0 aromatic heterocycles. The van der Waals surface area contributed by atoms with Crippen molar-refractivity contribution in [2.75, 3.05) is 20.1 Å². The first-order chi connectivity index (χ1) is 7.66. The first-order valence-corrected chi connectivity index (χ1v) is 5.66. The lowest BCUT2D eigenvalue weighted by Crippen LogP contribution is -2.27. The molecule has 0 heterocycles. The Balaban J connectivity index is 2.56. The minimum Gasteiger partial charge on any atom is -0.352 e. The van der Waals surface area contributed by atoms with Crippen LogP contribution >= 0.6 is 0 Å². The summed E-state index contributed by atoms with van der Waals surface area (Å²) >= 11 is 0. The molecule has 0 fully saturated rings. The van der Waals surface area contributed by atoms with Gasteiger partial charge < -0.3 is 10.6 Å². The summed E-state index contributed by atoms with van der Waals surface area (Å²) in [6.45, 7) is 5.64. The fourth-order valence-electron chi connectivity index (χ4n) is 1.56. The number of aryl methyl sites for hydroxylation is 1. The third-order valence-corrected chi connectivity index (χ3v) is 2.74. The predicted octanol–water partition coefficient (Wildman–Crippen LogP) is 1.64. The molecule has 1 aromatic rings. The first-order valence-electron chi connectivity index (χ1n) is 5.66. The third kappa shape index (κ3) is 3.35. The highest BCUT2D eigenvalue weighted by Crippen LogP contribution is 2.12. The zero-order valence-electron chi connectivity index (χ0n) is 10.3. The SMILES string of the molecule is CNCCCNC(=O)c1cccc(C)c1C. The summed E-state index contributed by atoms with van der Waals surface area (Å²) in [5.41, 5.74) is 3.00. The zero-order chi connectivity index (χ0) is 12.0. The molecule has 16 heavy (non-hydrogen) atoms. The van der Waals surface area contributed by atoms with Crippen LogP contribution in [0.15, 0.2) is 18.2 Å². The molecule has 0 aliphatic heterocycles. The highest BCUT2D eigenvalue weighted by atomic mass is 16.1. The molecule has 0 radical (unpaired) electrons. The lowest BCUT2D eigenvalue weighted by molar-refractivity contribution is 0.0952. The number of hydrogen-bond acceptors (Lipinski definition) is 2. The van der Waals surface area contributed by atoms with E-state index < -0.39 is 0 Å². The number of rotatable bonds is 5. The van der Waals surface area contributed by atoms with E-state index >= 15 is 0 Å². The van der Waals surface area contributed by atoms with Gasteiger partial charge in [0.15, 0.2) is 0 Å². The molecule has 3 nitrogen and oxygen atoms in total. The van der Waals surface area contributed by atoms with Crippen LogP contribution in [0.4, 0.5) is 0 Å². The molecule has 1 amide bonds. The summed E-state index contributed by atoms with van der Waals surface area (Å²) in [6, 6.07) is 5.81. The Labute approximate surface area is 97.2 Å². The summed E-state index contributed by atoms with van der Waals surface area (Å²) in [5.74, 6) is 0.0253. The van der Waals surface area contributed by atoms with Gasteiger partial charge >= 0.3 is 0 Å². The Morgan fingerprint density at radius 2 is 2.00 bits per heavy atom. The number of hydrogen-bond donors (Lipinski definition) is 2. The van der Waals surface area contributed by atoms with Gasteiger partial charge in [-0.2, -0.15) is 0 Å². The fourth-order valence-corrected chi connectivity index (χ4v) is 1.56. The minimum atomic E-state index is 0.0253. The van der Waals surface area contributed by atoms with Crippen molar-refractivity contribution < 1.29 is 4.79 Å². The van der Waals surface area contributed by atoms with Crippen molar-refractivity contribution in [3.05, 3.63) is 34.9 Å². The maximum atomic E-state index is 11.8. The topological polar surface area (TPSA) is 41.1 Å². The number of benzene rings is 1. The van der Waals surface area contributed by atoms with Gasteiger partial charge in [0.1, 0.15) is 0 Å². The van der Waals surface area contributed by atoms with E-state index in [1.807, 2.05) is 39.1 Å². The van der Waals surface area contributed by atoms with Crippen LogP contribution in [-0.2, 0) is 0 Å². The van der Waals surface area contributed by atoms with E-state index in [9.17, 15) is 4.79 Å². The van der Waals surface area contributed by atoms with Gasteiger partial charge in [0, 0.05) is 12.1 Å². The van der Waals surface area contributed by atoms with Crippen molar-refractivity contribution in [1.82, 2.24) is 10.6 Å². The van der Waals surface area contributed by atoms with Crippen LogP contribution in [0, 0.1) is 13.8 Å². The van der Waals surface area contributed by atoms with Gasteiger partial charge in [0.25, 0.3) is 5.91 Å². The molecule has 0 aliphatic rings. The Bertz CT molecular complexity index is 361. The largest absolute Gasteiger partial charge is 0.352 e. The summed E-state index contributed by atoms with van der Waals surface area (Å²) in [4.78, 5) is 11.8. The molecule has 0 bridgehead atoms. The number of amides is 1. The second kappa shape index (κ2) is 6.28. The molecule has 1 rings (SSSR count). The smallest absolute Gasteiger partial charge is 0.251 e. The number of nitrogens with one attached hydrogen (secondary N) is 2. The minimum absolute atomic E-state index is 0.0253. The summed E-state index contributed by atoms with van der Waals surface area (Å²) in [5, 5.41) is 5.97. The van der Waals surface area contributed by atoms with Crippen molar-refractivity contribution in [2.45, 2.75) is 20.3 Å². The second-order valence-corrected chi connectivity index (χ2v) is 3.96. The molecular formula is C13H20N2O. The molecule has 0 spiro atoms. The average molecular weight is 220 g/mol. The summed E-state index contributed by atoms with van der Waals surface area (Å²) < 4.78 is 0. The normalized spacial score (nSPS) is 10.2. The van der Waals surface area contributed by atoms with Crippen molar-refractivity contribution in [3.63, 3.8) is 0 Å². The van der Waals surface area contributed by atoms with Crippen molar-refractivity contribution in [1.29, 1.82) is 0 Å². The van der Waals surface area contributed by atoms with E-state index in [-0.39, 0.29) is 5.91 Å². The highest BCUT2D eigenvalue weighted by molar-refractivity contribution is 5.95. The van der Waals surface area contributed by atoms with Gasteiger partial charge in [-0.3, -0.25) is 4.79 Å². The Morgan fingerprint density at radius 3 is 2.69 bits per heavy atom. The van der Waals surface area contributed by atoms with Gasteiger partial charge in [-0.25, -0.2) is 0 Å². The standard InChI is InChI=1S/C13H20N2O/c1-10-6-4-7-12(11(10)2)13(16)15-9-5-8-14-3/h4,6-7,14H,5,8-9H2,1-3H3,(H,15,16). The number of carbonyl (C=O) groups is 1. The van der Waals surface area contributed by atoms with Crippen LogP contribution in [0.1, 0.15) is 27.9 Å². The Morgan fingerprint density at radius 1 is 1.25 bits per heavy atom. The molecule has 0 unspecified atom stereocenters. The van der Waals surface area contributed by atoms with E-state index in [1.165, 1.54) is 0 Å². The monoisotopic (exact) mass is 220 g/mol. The van der Waals surface area contributed by atoms with Crippen LogP contribution in [0.3, 0.4) is 0 Å². The van der Waals surface area contributed by atoms with E-state index in [0.29, 0.717) is 6.54 Å². The Kier molecular flexibility index (Phi) is 4.99. The van der Waals surface area contributed by atoms with Gasteiger partial charge in [0.05, 0.1) is 0 Å². The molecule has 0 saturated heterocycles. The van der Waals surface area contributed by atoms with Gasteiger partial charge in [-0.1, -0.05) is 12.1 Å². The van der Waals surface area contributed by atoms with Crippen molar-refractivity contribution in [2.24, 2.45) is 0 Å². The maximum Gasteiger partial charge on any atom is 0.251 e. The van der Waals surface area contributed by atoms with E-state index in [0.717, 1.165) is 29.7 Å². The molecule has 3 heteroatoms. The van der Waals surface area contributed by atoms with E-state index in [4.69, 9.17) is 0 Å². The molecule has 88 valence electrons. The molecule has 0 atom stereocenters. The van der Waals surface area contributed by atoms with Crippen LogP contribution < -0.4 is 10.6 Å². The molecule has 0 saturated carbocycles. The fraction of sp³-hybridized carbons (Fsp3) is 0.462. The molecule has 0 aliphatic carbocycles. The maximum absolute atomic E-state index is 11.8. The van der Waals surface area contributed by atoms with Crippen LogP contribution in [0.5, 0.6) is 0 Å². The number of carbonyl (C=O) groups excluding carboxylic acids is 1. The quantitative estimate of drug-likeness (QED) is 0.741. The second-order valence-electron chi connectivity index (χ2n) is 3.96. The summed E-state index contributed by atoms with van der Waals surface area (Å²) in [6.07, 6.45) is 0.951. The van der Waals surface area contributed by atoms with Gasteiger partial charge in [0.2, 0.25) is 0 Å². The highest BCUT2D eigenvalue weighted by Gasteiger charge is 2.08. The third-order valence-electron chi connectivity index (χ3n) is 2.74. The van der Waals surface area contributed by atoms with Crippen LogP contribution in [0.2, 0.25) is 0 Å². The van der Waals surface area contributed by atoms with Crippen molar-refractivity contribution in [3.8, 4) is 0 Å². The van der Waals surface area contributed by atoms with Crippen LogP contribution in [-0.4, -0.2) is 26.0 Å². The van der Waals surface area contributed by atoms with E-state index in [1.54, 1.807) is 0 Å². The van der Waals surface area contributed by atoms with Gasteiger partial charge in [-0.15, -0.1) is 0 Å². The first kappa shape index (κ1) is 12.7. The van der Waals surface area contributed by atoms with Crippen molar-refractivity contribution >= 4 is 5.91 Å². The zero-order valence-corrected chi connectivity index (χ0v) is 10.3. The molecule has 1 aromatic carbocycles. The molecule has 2 N–H and O–H groups in total. The lowest BCUT2D eigenvalue weighted by Gasteiger charge is -2.09. The Hall–Kier alpha value is -1.35. The average Bonchev–Trinajstić information content (AvgIpc) is 2.28. The summed E-state index contributed by atoms with van der Waals surface area (Å²) in [7, 11) is 1.91. The van der Waals surface area contributed by atoms with E-state index in [2.05, 4.69) is 10.6 Å².